The number of halogens is 1. The molecule has 0 atom stereocenters. The summed E-state index contributed by atoms with van der Waals surface area (Å²) in [6.45, 7) is 0. The molecule has 7 nitrogen and oxygen atoms in total. The molecule has 0 saturated heterocycles. The van der Waals surface area contributed by atoms with Gasteiger partial charge in [0.15, 0.2) is 11.5 Å². The van der Waals surface area contributed by atoms with E-state index in [0.717, 1.165) is 15.7 Å². The summed E-state index contributed by atoms with van der Waals surface area (Å²) in [6, 6.07) is 13.3. The van der Waals surface area contributed by atoms with Gasteiger partial charge in [-0.1, -0.05) is 12.1 Å². The lowest BCUT2D eigenvalue weighted by molar-refractivity contribution is 0.415. The van der Waals surface area contributed by atoms with Gasteiger partial charge in [-0.15, -0.1) is 11.8 Å². The molecule has 0 N–H and O–H groups in total. The van der Waals surface area contributed by atoms with Crippen molar-refractivity contribution < 1.29 is 9.13 Å². The summed E-state index contributed by atoms with van der Waals surface area (Å²) in [5.74, 6) is 1.24. The molecule has 0 aliphatic rings. The molecule has 0 radical (unpaired) electrons. The zero-order valence-electron chi connectivity index (χ0n) is 17.1. The van der Waals surface area contributed by atoms with Crippen LogP contribution in [0.5, 0.6) is 5.75 Å². The van der Waals surface area contributed by atoms with E-state index >= 15 is 0 Å². The van der Waals surface area contributed by atoms with Crippen LogP contribution in [0.15, 0.2) is 63.1 Å². The van der Waals surface area contributed by atoms with Gasteiger partial charge in [-0.3, -0.25) is 13.9 Å². The van der Waals surface area contributed by atoms with Crippen molar-refractivity contribution in [1.82, 2.24) is 19.1 Å². The van der Waals surface area contributed by atoms with E-state index in [1.165, 1.54) is 35.5 Å². The first-order valence-corrected chi connectivity index (χ1v) is 10.4. The van der Waals surface area contributed by atoms with Gasteiger partial charge in [-0.05, 0) is 42.0 Å². The largest absolute Gasteiger partial charge is 0.497 e. The number of thioether (sulfide) groups is 1. The van der Waals surface area contributed by atoms with Gasteiger partial charge >= 0.3 is 5.69 Å². The predicted molar refractivity (Wildman–Crippen MR) is 118 cm³/mol. The molecule has 0 aliphatic carbocycles. The van der Waals surface area contributed by atoms with Crippen molar-refractivity contribution in [2.24, 2.45) is 14.1 Å². The van der Waals surface area contributed by atoms with Crippen molar-refractivity contribution in [2.75, 3.05) is 7.11 Å². The highest BCUT2D eigenvalue weighted by atomic mass is 32.2. The summed E-state index contributed by atoms with van der Waals surface area (Å²) in [5, 5.41) is 0.727. The standard InChI is InChI=1S/C22H19FN4O3S/c1-26-19-17(21(28)27(2)22(26)29)20(31-12-13-4-8-15(23)9-5-13)25-18(24-19)14-6-10-16(30-3)11-7-14/h4-11H,12H2,1-3H3. The second-order valence-corrected chi connectivity index (χ2v) is 7.86. The van der Waals surface area contributed by atoms with Crippen LogP contribution in [0.1, 0.15) is 5.56 Å². The number of aromatic nitrogens is 4. The zero-order valence-corrected chi connectivity index (χ0v) is 17.9. The fourth-order valence-electron chi connectivity index (χ4n) is 3.13. The average Bonchev–Trinajstić information content (AvgIpc) is 2.80. The Morgan fingerprint density at radius 1 is 0.968 bits per heavy atom. The summed E-state index contributed by atoms with van der Waals surface area (Å²) in [7, 11) is 4.58. The van der Waals surface area contributed by atoms with E-state index in [1.807, 2.05) is 12.1 Å². The monoisotopic (exact) mass is 438 g/mol. The van der Waals surface area contributed by atoms with Gasteiger partial charge in [0.2, 0.25) is 0 Å². The SMILES string of the molecule is COc1ccc(-c2nc(SCc3ccc(F)cc3)c3c(=O)n(C)c(=O)n(C)c3n2)cc1. The van der Waals surface area contributed by atoms with Gasteiger partial charge in [0.25, 0.3) is 5.56 Å². The molecule has 4 aromatic rings. The third-order valence-electron chi connectivity index (χ3n) is 4.90. The van der Waals surface area contributed by atoms with Crippen molar-refractivity contribution in [3.8, 4) is 17.1 Å². The maximum Gasteiger partial charge on any atom is 0.332 e. The molecule has 0 spiro atoms. The van der Waals surface area contributed by atoms with Crippen LogP contribution >= 0.6 is 11.8 Å². The first-order chi connectivity index (χ1) is 14.9. The number of aryl methyl sites for hydroxylation is 1. The Hall–Kier alpha value is -3.46. The highest BCUT2D eigenvalue weighted by Crippen LogP contribution is 2.29. The molecule has 0 aliphatic heterocycles. The third-order valence-corrected chi connectivity index (χ3v) is 5.95. The molecule has 0 unspecified atom stereocenters. The van der Waals surface area contributed by atoms with Crippen LogP contribution in [-0.4, -0.2) is 26.2 Å². The first kappa shape index (κ1) is 20.8. The van der Waals surface area contributed by atoms with Crippen LogP contribution in [0.3, 0.4) is 0 Å². The van der Waals surface area contributed by atoms with Crippen molar-refractivity contribution >= 4 is 22.8 Å². The van der Waals surface area contributed by atoms with Crippen LogP contribution in [0.25, 0.3) is 22.4 Å². The molecular weight excluding hydrogens is 419 g/mol. The van der Waals surface area contributed by atoms with Crippen LogP contribution in [-0.2, 0) is 19.8 Å². The van der Waals surface area contributed by atoms with E-state index in [0.29, 0.717) is 22.4 Å². The van der Waals surface area contributed by atoms with E-state index in [9.17, 15) is 14.0 Å². The number of ether oxygens (including phenoxy) is 1. The molecule has 9 heteroatoms. The number of nitrogens with zero attached hydrogens (tertiary/aromatic N) is 4. The van der Waals surface area contributed by atoms with Crippen LogP contribution in [0, 0.1) is 5.82 Å². The number of methoxy groups -OCH3 is 1. The molecule has 2 aromatic heterocycles. The van der Waals surface area contributed by atoms with Gasteiger partial charge in [0.1, 0.15) is 22.0 Å². The summed E-state index contributed by atoms with van der Waals surface area (Å²) in [4.78, 5) is 34.5. The van der Waals surface area contributed by atoms with Crippen molar-refractivity contribution in [2.45, 2.75) is 10.8 Å². The quantitative estimate of drug-likeness (QED) is 0.352. The number of hydrogen-bond donors (Lipinski definition) is 0. The number of hydrogen-bond acceptors (Lipinski definition) is 6. The van der Waals surface area contributed by atoms with E-state index in [1.54, 1.807) is 38.4 Å². The smallest absolute Gasteiger partial charge is 0.332 e. The van der Waals surface area contributed by atoms with Gasteiger partial charge in [-0.2, -0.15) is 0 Å². The van der Waals surface area contributed by atoms with Gasteiger partial charge in [0.05, 0.1) is 7.11 Å². The van der Waals surface area contributed by atoms with Crippen LogP contribution < -0.4 is 16.0 Å². The van der Waals surface area contributed by atoms with E-state index in [2.05, 4.69) is 9.97 Å². The molecule has 0 bridgehead atoms. The fraction of sp³-hybridized carbons (Fsp3) is 0.182. The summed E-state index contributed by atoms with van der Waals surface area (Å²) >= 11 is 1.34. The van der Waals surface area contributed by atoms with Crippen molar-refractivity contribution in [3.63, 3.8) is 0 Å². The minimum Gasteiger partial charge on any atom is -0.497 e. The lowest BCUT2D eigenvalue weighted by atomic mass is 10.2. The maximum atomic E-state index is 13.2. The Balaban J connectivity index is 1.89. The molecule has 31 heavy (non-hydrogen) atoms. The second kappa shape index (κ2) is 8.35. The summed E-state index contributed by atoms with van der Waals surface area (Å²) < 4.78 is 20.8. The highest BCUT2D eigenvalue weighted by Gasteiger charge is 2.18. The Labute approximate surface area is 181 Å². The Morgan fingerprint density at radius 3 is 2.29 bits per heavy atom. The van der Waals surface area contributed by atoms with Crippen molar-refractivity contribution in [3.05, 3.63) is 80.7 Å². The van der Waals surface area contributed by atoms with E-state index in [-0.39, 0.29) is 16.9 Å². The van der Waals surface area contributed by atoms with E-state index < -0.39 is 11.2 Å². The minimum absolute atomic E-state index is 0.260. The molecule has 4 rings (SSSR count). The van der Waals surface area contributed by atoms with Crippen LogP contribution in [0.4, 0.5) is 4.39 Å². The first-order valence-electron chi connectivity index (χ1n) is 9.38. The molecule has 0 amide bonds. The van der Waals surface area contributed by atoms with Crippen molar-refractivity contribution in [1.29, 1.82) is 0 Å². The Bertz CT molecular complexity index is 1380. The molecule has 2 heterocycles. The fourth-order valence-corrected chi connectivity index (χ4v) is 4.10. The zero-order chi connectivity index (χ0) is 22.1. The van der Waals surface area contributed by atoms with Gasteiger partial charge in [0, 0.05) is 25.4 Å². The Kier molecular flexibility index (Phi) is 5.60. The van der Waals surface area contributed by atoms with Gasteiger partial charge < -0.3 is 4.74 Å². The maximum absolute atomic E-state index is 13.2. The lowest BCUT2D eigenvalue weighted by Gasteiger charge is -2.12. The van der Waals surface area contributed by atoms with Crippen LogP contribution in [0.2, 0.25) is 0 Å². The number of benzene rings is 2. The number of rotatable bonds is 5. The molecule has 2 aromatic carbocycles. The number of fused-ring (bicyclic) bond motifs is 1. The second-order valence-electron chi connectivity index (χ2n) is 6.90. The Morgan fingerprint density at radius 2 is 1.65 bits per heavy atom. The summed E-state index contributed by atoms with van der Waals surface area (Å²) in [6.07, 6.45) is 0. The third kappa shape index (κ3) is 3.96. The van der Waals surface area contributed by atoms with Gasteiger partial charge in [-0.25, -0.2) is 19.2 Å². The van der Waals surface area contributed by atoms with E-state index in [4.69, 9.17) is 4.74 Å². The lowest BCUT2D eigenvalue weighted by Crippen LogP contribution is -2.37. The highest BCUT2D eigenvalue weighted by molar-refractivity contribution is 7.98. The topological polar surface area (TPSA) is 79.0 Å². The molecule has 0 saturated carbocycles. The molecular formula is C22H19FN4O3S. The minimum atomic E-state index is -0.466. The molecule has 158 valence electrons. The predicted octanol–water partition coefficient (Wildman–Crippen LogP) is 3.13. The molecule has 0 fully saturated rings. The summed E-state index contributed by atoms with van der Waals surface area (Å²) in [5.41, 5.74) is 0.938. The normalized spacial score (nSPS) is 11.1. The average molecular weight is 438 g/mol.